The summed E-state index contributed by atoms with van der Waals surface area (Å²) in [7, 11) is 0. The zero-order valence-corrected chi connectivity index (χ0v) is 18.5. The summed E-state index contributed by atoms with van der Waals surface area (Å²) in [5.41, 5.74) is 1.67. The van der Waals surface area contributed by atoms with Crippen LogP contribution in [-0.4, -0.2) is 57.7 Å². The van der Waals surface area contributed by atoms with Gasteiger partial charge in [-0.2, -0.15) is 0 Å². The normalized spacial score (nSPS) is 29.0. The molecule has 6 nitrogen and oxygen atoms in total. The van der Waals surface area contributed by atoms with E-state index in [1.807, 2.05) is 24.4 Å². The zero-order chi connectivity index (χ0) is 21.4. The second-order valence-electron chi connectivity index (χ2n) is 9.28. The largest absolute Gasteiger partial charge is 0.393 e. The van der Waals surface area contributed by atoms with E-state index in [2.05, 4.69) is 14.8 Å². The molecule has 1 atom stereocenters. The minimum absolute atomic E-state index is 0.198. The number of hydrogen-bond acceptors (Lipinski definition) is 5. The number of carbonyl (C=O) groups excluding carboxylic acids is 1. The third kappa shape index (κ3) is 3.92. The fraction of sp³-hybridized carbons (Fsp3) is 0.542. The molecule has 1 saturated carbocycles. The van der Waals surface area contributed by atoms with Gasteiger partial charge in [0.15, 0.2) is 0 Å². The molecule has 1 N–H and O–H groups in total. The Morgan fingerprint density at radius 3 is 2.58 bits per heavy atom. The average Bonchev–Trinajstić information content (AvgIpc) is 3.10. The number of aliphatic hydroxyl groups excluding tert-OH is 1. The average molecular weight is 441 g/mol. The molecule has 1 spiro atoms. The summed E-state index contributed by atoms with van der Waals surface area (Å²) in [6.45, 7) is 2.38. The van der Waals surface area contributed by atoms with Crippen molar-refractivity contribution < 1.29 is 9.90 Å². The molecule has 1 amide bonds. The van der Waals surface area contributed by atoms with Crippen LogP contribution >= 0.6 is 11.6 Å². The summed E-state index contributed by atoms with van der Waals surface area (Å²) in [5.74, 6) is 1.06. The van der Waals surface area contributed by atoms with E-state index in [-0.39, 0.29) is 17.6 Å². The molecule has 2 saturated heterocycles. The number of amides is 1. The van der Waals surface area contributed by atoms with Crippen LogP contribution in [0.3, 0.4) is 0 Å². The van der Waals surface area contributed by atoms with Crippen molar-refractivity contribution in [3.05, 3.63) is 41.8 Å². The number of aromatic nitrogens is 2. The quantitative estimate of drug-likeness (QED) is 0.783. The first-order valence-corrected chi connectivity index (χ1v) is 11.7. The number of carbonyl (C=O) groups is 1. The number of nitrogens with zero attached hydrogens (tertiary/aromatic N) is 4. The van der Waals surface area contributed by atoms with Crippen LogP contribution in [0, 0.1) is 5.41 Å². The molecule has 2 aliphatic heterocycles. The van der Waals surface area contributed by atoms with Crippen molar-refractivity contribution in [1.82, 2.24) is 14.9 Å². The van der Waals surface area contributed by atoms with Gasteiger partial charge in [-0.25, -0.2) is 4.98 Å². The van der Waals surface area contributed by atoms with Crippen LogP contribution in [0.15, 0.2) is 36.8 Å². The van der Waals surface area contributed by atoms with E-state index >= 15 is 0 Å². The number of anilines is 1. The molecule has 0 radical (unpaired) electrons. The van der Waals surface area contributed by atoms with Crippen molar-refractivity contribution in [2.45, 2.75) is 57.1 Å². The zero-order valence-electron chi connectivity index (χ0n) is 17.7. The fourth-order valence-corrected chi connectivity index (χ4v) is 5.91. The Kier molecular flexibility index (Phi) is 5.61. The molecule has 7 heteroatoms. The van der Waals surface area contributed by atoms with E-state index in [1.54, 1.807) is 12.4 Å². The number of rotatable bonds is 3. The van der Waals surface area contributed by atoms with Crippen LogP contribution in [0.1, 0.15) is 44.9 Å². The summed E-state index contributed by atoms with van der Waals surface area (Å²) in [4.78, 5) is 26.6. The molecule has 3 aliphatic rings. The van der Waals surface area contributed by atoms with E-state index < -0.39 is 0 Å². The summed E-state index contributed by atoms with van der Waals surface area (Å²) in [5, 5.41) is 10.4. The van der Waals surface area contributed by atoms with Gasteiger partial charge in [0.1, 0.15) is 5.82 Å². The van der Waals surface area contributed by atoms with Gasteiger partial charge < -0.3 is 14.9 Å². The molecule has 3 fully saturated rings. The monoisotopic (exact) mass is 440 g/mol. The van der Waals surface area contributed by atoms with Gasteiger partial charge in [-0.3, -0.25) is 9.78 Å². The Balaban J connectivity index is 1.33. The first kappa shape index (κ1) is 20.7. The minimum Gasteiger partial charge on any atom is -0.393 e. The molecule has 2 aromatic rings. The first-order valence-electron chi connectivity index (χ1n) is 11.4. The molecule has 5 rings (SSSR count). The van der Waals surface area contributed by atoms with Crippen molar-refractivity contribution in [3.63, 3.8) is 0 Å². The Bertz CT molecular complexity index is 948. The molecular weight excluding hydrogens is 412 g/mol. The Morgan fingerprint density at radius 1 is 1.06 bits per heavy atom. The summed E-state index contributed by atoms with van der Waals surface area (Å²) >= 11 is 6.67. The van der Waals surface area contributed by atoms with Crippen LogP contribution in [-0.2, 0) is 4.79 Å². The molecule has 164 valence electrons. The lowest BCUT2D eigenvalue weighted by Gasteiger charge is -2.41. The highest BCUT2D eigenvalue weighted by Crippen LogP contribution is 2.44. The minimum atomic E-state index is -0.330. The van der Waals surface area contributed by atoms with E-state index in [4.69, 9.17) is 16.6 Å². The van der Waals surface area contributed by atoms with Crippen molar-refractivity contribution in [1.29, 1.82) is 0 Å². The molecule has 4 heterocycles. The van der Waals surface area contributed by atoms with Gasteiger partial charge in [0.25, 0.3) is 0 Å². The second-order valence-corrected chi connectivity index (χ2v) is 9.69. The number of halogens is 1. The maximum absolute atomic E-state index is 13.5. The number of hydrogen-bond donors (Lipinski definition) is 1. The highest BCUT2D eigenvalue weighted by Gasteiger charge is 2.51. The third-order valence-electron chi connectivity index (χ3n) is 7.36. The van der Waals surface area contributed by atoms with Gasteiger partial charge in [0.2, 0.25) is 5.91 Å². The lowest BCUT2D eigenvalue weighted by atomic mass is 9.78. The fourth-order valence-electron chi connectivity index (χ4n) is 5.62. The molecule has 2 aromatic heterocycles. The SMILES string of the molecule is O=C1N(C2CCC(O)CC2)CC[C@]12CCCN(c1ncc(-c3ccncc3)cc1Cl)C2. The molecule has 1 aliphatic carbocycles. The van der Waals surface area contributed by atoms with Crippen LogP contribution in [0.2, 0.25) is 5.02 Å². The van der Waals surface area contributed by atoms with Gasteiger partial charge in [0, 0.05) is 49.8 Å². The van der Waals surface area contributed by atoms with Crippen LogP contribution in [0.25, 0.3) is 11.1 Å². The lowest BCUT2D eigenvalue weighted by Crippen LogP contribution is -2.50. The highest BCUT2D eigenvalue weighted by molar-refractivity contribution is 6.33. The van der Waals surface area contributed by atoms with Gasteiger partial charge in [0.05, 0.1) is 16.5 Å². The highest BCUT2D eigenvalue weighted by atomic mass is 35.5. The smallest absolute Gasteiger partial charge is 0.230 e. The molecular formula is C24H29ClN4O2. The maximum Gasteiger partial charge on any atom is 0.230 e. The Labute approximate surface area is 188 Å². The van der Waals surface area contributed by atoms with Crippen LogP contribution < -0.4 is 4.90 Å². The van der Waals surface area contributed by atoms with E-state index in [0.29, 0.717) is 17.5 Å². The van der Waals surface area contributed by atoms with E-state index in [1.165, 1.54) is 0 Å². The topological polar surface area (TPSA) is 69.6 Å². The van der Waals surface area contributed by atoms with E-state index in [0.717, 1.165) is 75.0 Å². The van der Waals surface area contributed by atoms with Crippen molar-refractivity contribution in [3.8, 4) is 11.1 Å². The van der Waals surface area contributed by atoms with Gasteiger partial charge >= 0.3 is 0 Å². The summed E-state index contributed by atoms with van der Waals surface area (Å²) in [6.07, 6.45) is 11.4. The number of piperidine rings is 1. The number of pyridine rings is 2. The third-order valence-corrected chi connectivity index (χ3v) is 7.64. The first-order chi connectivity index (χ1) is 15.1. The maximum atomic E-state index is 13.5. The lowest BCUT2D eigenvalue weighted by molar-refractivity contribution is -0.139. The Morgan fingerprint density at radius 2 is 1.84 bits per heavy atom. The van der Waals surface area contributed by atoms with Gasteiger partial charge in [-0.05, 0) is 68.7 Å². The van der Waals surface area contributed by atoms with Gasteiger partial charge in [-0.1, -0.05) is 11.6 Å². The summed E-state index contributed by atoms with van der Waals surface area (Å²) < 4.78 is 0. The predicted molar refractivity (Wildman–Crippen MR) is 121 cm³/mol. The number of likely N-dealkylation sites (tertiary alicyclic amines) is 1. The molecule has 0 bridgehead atoms. The number of aliphatic hydroxyl groups is 1. The molecule has 31 heavy (non-hydrogen) atoms. The molecule has 0 unspecified atom stereocenters. The second kappa shape index (κ2) is 8.40. The van der Waals surface area contributed by atoms with Crippen molar-refractivity contribution in [2.24, 2.45) is 5.41 Å². The predicted octanol–water partition coefficient (Wildman–Crippen LogP) is 3.92. The Hall–Kier alpha value is -2.18. The summed E-state index contributed by atoms with van der Waals surface area (Å²) in [6, 6.07) is 6.13. The van der Waals surface area contributed by atoms with Crippen LogP contribution in [0.5, 0.6) is 0 Å². The van der Waals surface area contributed by atoms with E-state index in [9.17, 15) is 9.90 Å². The van der Waals surface area contributed by atoms with Crippen LogP contribution in [0.4, 0.5) is 5.82 Å². The van der Waals surface area contributed by atoms with Crippen molar-refractivity contribution >= 4 is 23.3 Å². The standard InChI is InChI=1S/C24H29ClN4O2/c25-21-14-18(17-6-10-26-11-7-17)15-27-22(21)28-12-1-8-24(16-28)9-13-29(23(24)31)19-2-4-20(30)5-3-19/h6-7,10-11,14-15,19-20,30H,1-5,8-9,12-13,16H2/t19?,20?,24-/m0/s1. The van der Waals surface area contributed by atoms with Crippen molar-refractivity contribution in [2.75, 3.05) is 24.5 Å². The molecule has 0 aromatic carbocycles. The van der Waals surface area contributed by atoms with Gasteiger partial charge in [-0.15, -0.1) is 0 Å².